The first-order valence-corrected chi connectivity index (χ1v) is 10.2. The third kappa shape index (κ3) is 4.72. The molecule has 29 heavy (non-hydrogen) atoms. The zero-order chi connectivity index (χ0) is 21.0. The average molecular weight is 411 g/mol. The lowest BCUT2D eigenvalue weighted by atomic mass is 10.0. The number of aromatic carboxylic acids is 1. The van der Waals surface area contributed by atoms with Crippen molar-refractivity contribution in [3.63, 3.8) is 0 Å². The summed E-state index contributed by atoms with van der Waals surface area (Å²) in [6.07, 6.45) is 0. The Morgan fingerprint density at radius 3 is 2.38 bits per heavy atom. The lowest BCUT2D eigenvalue weighted by molar-refractivity contribution is 0.0694. The number of nitrogens with zero attached hydrogens (tertiary/aromatic N) is 1. The van der Waals surface area contributed by atoms with E-state index in [0.717, 1.165) is 29.1 Å². The lowest BCUT2D eigenvalue weighted by Crippen LogP contribution is -2.21. The Balaban J connectivity index is 1.81. The largest absolute Gasteiger partial charge is 0.478 e. The predicted molar refractivity (Wildman–Crippen MR) is 118 cm³/mol. The second-order valence-electron chi connectivity index (χ2n) is 7.45. The molecule has 0 saturated heterocycles. The Morgan fingerprint density at radius 2 is 1.72 bits per heavy atom. The summed E-state index contributed by atoms with van der Waals surface area (Å²) in [7, 11) is 0. The number of carboxylic acid groups (broad SMARTS) is 1. The fraction of sp³-hybridized carbons (Fsp3) is 0.292. The second-order valence-corrected chi connectivity index (χ2v) is 7.86. The van der Waals surface area contributed by atoms with Gasteiger partial charge in [0.05, 0.1) is 5.56 Å². The van der Waals surface area contributed by atoms with Crippen LogP contribution in [0.5, 0.6) is 0 Å². The van der Waals surface area contributed by atoms with Crippen molar-refractivity contribution in [1.82, 2.24) is 9.88 Å². The molecule has 0 saturated carbocycles. The highest BCUT2D eigenvalue weighted by Crippen LogP contribution is 2.26. The molecule has 0 amide bonds. The molecule has 1 heterocycles. The standard InChI is InChI=1S/C24H27ClN2O2/c1-16(19-9-5-4-6-10-19)13-26-14-21-17(2)27(18(3)23(21)24(28)29)15-20-11-7-8-12-22(20)25/h4-12,16,26H,13-15H2,1-3H3,(H,28,29)/t16-/m1/s1. The van der Waals surface area contributed by atoms with E-state index in [4.69, 9.17) is 11.6 Å². The van der Waals surface area contributed by atoms with E-state index in [1.54, 1.807) is 0 Å². The minimum absolute atomic E-state index is 0.344. The summed E-state index contributed by atoms with van der Waals surface area (Å²) in [6, 6.07) is 18.0. The van der Waals surface area contributed by atoms with Crippen molar-refractivity contribution in [3.8, 4) is 0 Å². The molecule has 0 radical (unpaired) electrons. The van der Waals surface area contributed by atoms with Crippen molar-refractivity contribution in [2.75, 3.05) is 6.54 Å². The van der Waals surface area contributed by atoms with E-state index in [9.17, 15) is 9.90 Å². The van der Waals surface area contributed by atoms with Crippen LogP contribution in [0, 0.1) is 13.8 Å². The molecule has 4 nitrogen and oxygen atoms in total. The summed E-state index contributed by atoms with van der Waals surface area (Å²) in [5, 5.41) is 14.0. The molecular formula is C24H27ClN2O2. The van der Waals surface area contributed by atoms with Gasteiger partial charge in [-0.15, -0.1) is 0 Å². The van der Waals surface area contributed by atoms with Crippen molar-refractivity contribution in [3.05, 3.63) is 93.3 Å². The van der Waals surface area contributed by atoms with Gasteiger partial charge in [-0.2, -0.15) is 0 Å². The number of hydrogen-bond donors (Lipinski definition) is 2. The van der Waals surface area contributed by atoms with E-state index >= 15 is 0 Å². The summed E-state index contributed by atoms with van der Waals surface area (Å²) < 4.78 is 2.04. The maximum atomic E-state index is 12.0. The first-order chi connectivity index (χ1) is 13.9. The summed E-state index contributed by atoms with van der Waals surface area (Å²) in [4.78, 5) is 12.0. The Kier molecular flexibility index (Phi) is 6.78. The summed E-state index contributed by atoms with van der Waals surface area (Å²) in [5.41, 5.74) is 5.17. The Hall–Kier alpha value is -2.56. The number of nitrogens with one attached hydrogen (secondary N) is 1. The minimum atomic E-state index is -0.892. The van der Waals surface area contributed by atoms with Crippen LogP contribution in [0.1, 0.15) is 51.3 Å². The van der Waals surface area contributed by atoms with E-state index in [2.05, 4.69) is 24.4 Å². The van der Waals surface area contributed by atoms with Crippen LogP contribution in [0.15, 0.2) is 54.6 Å². The molecule has 0 aliphatic rings. The van der Waals surface area contributed by atoms with Crippen LogP contribution in [-0.2, 0) is 13.1 Å². The summed E-state index contributed by atoms with van der Waals surface area (Å²) in [5.74, 6) is -0.549. The van der Waals surface area contributed by atoms with Crippen molar-refractivity contribution < 1.29 is 9.90 Å². The van der Waals surface area contributed by atoms with Crippen LogP contribution >= 0.6 is 11.6 Å². The molecule has 0 aliphatic heterocycles. The molecule has 2 aromatic carbocycles. The number of carbonyl (C=O) groups is 1. The smallest absolute Gasteiger partial charge is 0.337 e. The molecule has 0 unspecified atom stereocenters. The van der Waals surface area contributed by atoms with Gasteiger partial charge in [-0.25, -0.2) is 4.79 Å². The van der Waals surface area contributed by atoms with Gasteiger partial charge in [0.2, 0.25) is 0 Å². The third-order valence-electron chi connectivity index (χ3n) is 5.53. The number of aromatic nitrogens is 1. The monoisotopic (exact) mass is 410 g/mol. The van der Waals surface area contributed by atoms with Crippen LogP contribution in [0.25, 0.3) is 0 Å². The highest BCUT2D eigenvalue weighted by atomic mass is 35.5. The molecule has 1 atom stereocenters. The zero-order valence-electron chi connectivity index (χ0n) is 17.1. The van der Waals surface area contributed by atoms with Crippen molar-refractivity contribution in [2.24, 2.45) is 0 Å². The quantitative estimate of drug-likeness (QED) is 0.522. The van der Waals surface area contributed by atoms with Gasteiger partial charge in [0.1, 0.15) is 0 Å². The van der Waals surface area contributed by atoms with E-state index in [1.807, 2.05) is 60.9 Å². The number of hydrogen-bond acceptors (Lipinski definition) is 2. The van der Waals surface area contributed by atoms with Crippen LogP contribution in [-0.4, -0.2) is 22.2 Å². The average Bonchev–Trinajstić information content (AvgIpc) is 2.94. The van der Waals surface area contributed by atoms with Gasteiger partial charge < -0.3 is 15.0 Å². The van der Waals surface area contributed by atoms with Crippen molar-refractivity contribution >= 4 is 17.6 Å². The first-order valence-electron chi connectivity index (χ1n) is 9.81. The zero-order valence-corrected chi connectivity index (χ0v) is 17.8. The number of halogens is 1. The first kappa shape index (κ1) is 21.2. The van der Waals surface area contributed by atoms with Gasteiger partial charge in [0, 0.05) is 41.6 Å². The lowest BCUT2D eigenvalue weighted by Gasteiger charge is -2.14. The Morgan fingerprint density at radius 1 is 1.07 bits per heavy atom. The van der Waals surface area contributed by atoms with E-state index in [1.165, 1.54) is 5.56 Å². The summed E-state index contributed by atoms with van der Waals surface area (Å²) >= 11 is 6.32. The van der Waals surface area contributed by atoms with Crippen LogP contribution < -0.4 is 5.32 Å². The normalized spacial score (nSPS) is 12.1. The van der Waals surface area contributed by atoms with E-state index in [-0.39, 0.29) is 0 Å². The molecule has 3 rings (SSSR count). The van der Waals surface area contributed by atoms with E-state index in [0.29, 0.717) is 29.6 Å². The van der Waals surface area contributed by atoms with Crippen LogP contribution in [0.4, 0.5) is 0 Å². The molecule has 3 aromatic rings. The number of rotatable bonds is 8. The molecule has 152 valence electrons. The van der Waals surface area contributed by atoms with Crippen molar-refractivity contribution in [2.45, 2.75) is 39.8 Å². The molecule has 5 heteroatoms. The highest BCUT2D eigenvalue weighted by Gasteiger charge is 2.23. The Bertz CT molecular complexity index is 996. The molecule has 0 fully saturated rings. The van der Waals surface area contributed by atoms with Crippen molar-refractivity contribution in [1.29, 1.82) is 0 Å². The molecular weight excluding hydrogens is 384 g/mol. The van der Waals surface area contributed by atoms with Crippen LogP contribution in [0.3, 0.4) is 0 Å². The molecule has 2 N–H and O–H groups in total. The van der Waals surface area contributed by atoms with Crippen LogP contribution in [0.2, 0.25) is 5.02 Å². The fourth-order valence-corrected chi connectivity index (χ4v) is 3.99. The van der Waals surface area contributed by atoms with Gasteiger partial charge in [0.15, 0.2) is 0 Å². The highest BCUT2D eigenvalue weighted by molar-refractivity contribution is 6.31. The third-order valence-corrected chi connectivity index (χ3v) is 5.90. The maximum absolute atomic E-state index is 12.0. The van der Waals surface area contributed by atoms with E-state index < -0.39 is 5.97 Å². The predicted octanol–water partition coefficient (Wildman–Crippen LogP) is 5.40. The SMILES string of the molecule is Cc1c(CNC[C@@H](C)c2ccccc2)c(C(=O)O)c(C)n1Cc1ccccc1Cl. The maximum Gasteiger partial charge on any atom is 0.337 e. The molecule has 0 spiro atoms. The Labute approximate surface area is 177 Å². The number of carboxylic acids is 1. The van der Waals surface area contributed by atoms with Gasteiger partial charge >= 0.3 is 5.97 Å². The summed E-state index contributed by atoms with van der Waals surface area (Å²) in [6.45, 7) is 7.86. The minimum Gasteiger partial charge on any atom is -0.478 e. The topological polar surface area (TPSA) is 54.3 Å². The van der Waals surface area contributed by atoms with Gasteiger partial charge in [-0.3, -0.25) is 0 Å². The number of benzene rings is 2. The molecule has 1 aromatic heterocycles. The second kappa shape index (κ2) is 9.29. The van der Waals surface area contributed by atoms with Gasteiger partial charge in [-0.1, -0.05) is 67.1 Å². The fourth-order valence-electron chi connectivity index (χ4n) is 3.80. The molecule has 0 aliphatic carbocycles. The van der Waals surface area contributed by atoms with Gasteiger partial charge in [0.25, 0.3) is 0 Å². The molecule has 0 bridgehead atoms. The van der Waals surface area contributed by atoms with Gasteiger partial charge in [-0.05, 0) is 37.0 Å².